The first-order chi connectivity index (χ1) is 21.8. The molecule has 6 aromatic carbocycles. The fourth-order valence-electron chi connectivity index (χ4n) is 6.74. The van der Waals surface area contributed by atoms with Gasteiger partial charge in [0, 0.05) is 30.9 Å². The quantitative estimate of drug-likeness (QED) is 0.209. The fourth-order valence-corrected chi connectivity index (χ4v) is 7.98. The highest BCUT2D eigenvalue weighted by molar-refractivity contribution is 7.26. The molecule has 8 aromatic rings. The van der Waals surface area contributed by atoms with Gasteiger partial charge in [0.1, 0.15) is 16.6 Å². The smallest absolute Gasteiger partial charge is 0.192 e. The molecule has 0 aliphatic carbocycles. The number of thiophene rings is 1. The lowest BCUT2D eigenvalue weighted by Crippen LogP contribution is -3.00. The SMILES string of the molecule is N#Cc1ccc(-c2cccc(C3[NH2+]C(c4ccccc4)=[N+]3n3c4ccccc4c4ccc5c6ccccc6sc5c43)c2)cc1. The Morgan fingerprint density at radius 2 is 1.36 bits per heavy atom. The second-order valence-electron chi connectivity index (χ2n) is 11.3. The number of para-hydroxylation sites is 1. The summed E-state index contributed by atoms with van der Waals surface area (Å²) in [6.07, 6.45) is 0.0344. The molecule has 0 spiro atoms. The van der Waals surface area contributed by atoms with Crippen molar-refractivity contribution in [1.29, 1.82) is 5.26 Å². The number of rotatable bonds is 4. The average molecular weight is 583 g/mol. The van der Waals surface area contributed by atoms with Crippen LogP contribution in [0.15, 0.2) is 140 Å². The lowest BCUT2D eigenvalue weighted by molar-refractivity contribution is -0.915. The second-order valence-corrected chi connectivity index (χ2v) is 12.3. The van der Waals surface area contributed by atoms with E-state index in [0.29, 0.717) is 5.56 Å². The third-order valence-electron chi connectivity index (χ3n) is 8.84. The minimum atomic E-state index is 0.0344. The van der Waals surface area contributed by atoms with E-state index in [0.717, 1.165) is 11.1 Å². The van der Waals surface area contributed by atoms with Crippen LogP contribution in [-0.2, 0) is 0 Å². The van der Waals surface area contributed by atoms with E-state index in [1.807, 2.05) is 35.6 Å². The summed E-state index contributed by atoms with van der Waals surface area (Å²) in [5, 5.41) is 16.8. The largest absolute Gasteiger partial charge is 0.407 e. The van der Waals surface area contributed by atoms with Gasteiger partial charge in [-0.2, -0.15) is 10.6 Å². The van der Waals surface area contributed by atoms with Crippen molar-refractivity contribution >= 4 is 59.2 Å². The number of hydrogen-bond acceptors (Lipinski definition) is 2. The third-order valence-corrected chi connectivity index (χ3v) is 10.0. The van der Waals surface area contributed by atoms with E-state index in [9.17, 15) is 5.26 Å². The number of fused-ring (bicyclic) bond motifs is 7. The molecule has 3 heterocycles. The highest BCUT2D eigenvalue weighted by Crippen LogP contribution is 2.42. The van der Waals surface area contributed by atoms with Crippen LogP contribution in [0.1, 0.15) is 22.9 Å². The van der Waals surface area contributed by atoms with Crippen LogP contribution in [0.25, 0.3) is 53.1 Å². The molecule has 4 nitrogen and oxygen atoms in total. The molecule has 0 bridgehead atoms. The molecule has 2 aromatic heterocycles. The summed E-state index contributed by atoms with van der Waals surface area (Å²) in [7, 11) is 0. The monoisotopic (exact) mass is 582 g/mol. The zero-order valence-corrected chi connectivity index (χ0v) is 24.5. The molecular weight excluding hydrogens is 557 g/mol. The highest BCUT2D eigenvalue weighted by atomic mass is 32.1. The maximum absolute atomic E-state index is 9.29. The van der Waals surface area contributed by atoms with Crippen LogP contribution >= 0.6 is 11.3 Å². The Kier molecular flexibility index (Phi) is 5.54. The molecule has 44 heavy (non-hydrogen) atoms. The summed E-state index contributed by atoms with van der Waals surface area (Å²) in [5.74, 6) is 1.19. The maximum Gasteiger partial charge on any atom is 0.407 e. The summed E-state index contributed by atoms with van der Waals surface area (Å²) in [6, 6.07) is 51.7. The van der Waals surface area contributed by atoms with Crippen LogP contribution in [0.4, 0.5) is 0 Å². The topological polar surface area (TPSA) is 48.3 Å². The lowest BCUT2D eigenvalue weighted by atomic mass is 9.99. The van der Waals surface area contributed by atoms with E-state index in [1.54, 1.807) is 0 Å². The van der Waals surface area contributed by atoms with Gasteiger partial charge < -0.3 is 0 Å². The van der Waals surface area contributed by atoms with Gasteiger partial charge in [-0.05, 0) is 59.7 Å². The van der Waals surface area contributed by atoms with Crippen molar-refractivity contribution < 1.29 is 10.0 Å². The second kappa shape index (κ2) is 9.75. The van der Waals surface area contributed by atoms with Gasteiger partial charge in [-0.25, -0.2) is 0 Å². The van der Waals surface area contributed by atoms with Gasteiger partial charge in [-0.15, -0.1) is 16.0 Å². The van der Waals surface area contributed by atoms with E-state index in [4.69, 9.17) is 0 Å². The molecule has 1 atom stereocenters. The van der Waals surface area contributed by atoms with Crippen LogP contribution in [0.3, 0.4) is 0 Å². The normalized spacial score (nSPS) is 14.8. The van der Waals surface area contributed by atoms with Crippen LogP contribution in [0.2, 0.25) is 0 Å². The zero-order valence-electron chi connectivity index (χ0n) is 23.7. The maximum atomic E-state index is 9.29. The first-order valence-corrected chi connectivity index (χ1v) is 15.6. The molecule has 0 saturated heterocycles. The third kappa shape index (κ3) is 3.69. The minimum Gasteiger partial charge on any atom is -0.192 e. The van der Waals surface area contributed by atoms with Crippen LogP contribution in [-0.4, -0.2) is 15.2 Å². The van der Waals surface area contributed by atoms with Crippen molar-refractivity contribution in [1.82, 2.24) is 4.68 Å². The number of amidine groups is 1. The zero-order chi connectivity index (χ0) is 29.2. The number of aromatic nitrogens is 1. The molecule has 0 saturated carbocycles. The van der Waals surface area contributed by atoms with Gasteiger partial charge in [0.05, 0.1) is 21.9 Å². The molecule has 2 N–H and O–H groups in total. The molecule has 1 aliphatic rings. The number of nitriles is 1. The van der Waals surface area contributed by atoms with E-state index in [2.05, 4.69) is 136 Å². The lowest BCUT2D eigenvalue weighted by Gasteiger charge is -2.24. The average Bonchev–Trinajstić information content (AvgIpc) is 3.61. The van der Waals surface area contributed by atoms with Gasteiger partial charge in [0.2, 0.25) is 0 Å². The number of nitrogens with zero attached hydrogens (tertiary/aromatic N) is 3. The Morgan fingerprint density at radius 1 is 0.636 bits per heavy atom. The van der Waals surface area contributed by atoms with Crippen molar-refractivity contribution in [3.8, 4) is 17.2 Å². The number of benzene rings is 6. The van der Waals surface area contributed by atoms with Gasteiger partial charge in [-0.3, -0.25) is 0 Å². The molecule has 206 valence electrons. The van der Waals surface area contributed by atoms with Crippen LogP contribution < -0.4 is 5.32 Å². The number of nitrogens with two attached hydrogens (primary N) is 1. The Morgan fingerprint density at radius 3 is 2.20 bits per heavy atom. The van der Waals surface area contributed by atoms with Crippen molar-refractivity contribution in [2.45, 2.75) is 6.17 Å². The predicted octanol–water partition coefficient (Wildman–Crippen LogP) is 8.20. The van der Waals surface area contributed by atoms with Crippen molar-refractivity contribution in [3.63, 3.8) is 0 Å². The van der Waals surface area contributed by atoms with Gasteiger partial charge in [0.25, 0.3) is 0 Å². The van der Waals surface area contributed by atoms with E-state index >= 15 is 0 Å². The molecule has 0 amide bonds. The number of quaternary nitrogens is 1. The molecule has 0 fully saturated rings. The Bertz CT molecular complexity index is 2480. The van der Waals surface area contributed by atoms with Crippen molar-refractivity contribution in [2.24, 2.45) is 0 Å². The van der Waals surface area contributed by atoms with E-state index in [1.165, 1.54) is 58.9 Å². The molecular formula is C39H26N4S+2. The first-order valence-electron chi connectivity index (χ1n) is 14.8. The molecule has 9 rings (SSSR count). The summed E-state index contributed by atoms with van der Waals surface area (Å²) < 4.78 is 7.58. The molecule has 1 aliphatic heterocycles. The van der Waals surface area contributed by atoms with Gasteiger partial charge >= 0.3 is 12.0 Å². The molecule has 1 unspecified atom stereocenters. The van der Waals surface area contributed by atoms with Crippen LogP contribution in [0, 0.1) is 11.3 Å². The summed E-state index contributed by atoms with van der Waals surface area (Å²) in [5.41, 5.74) is 7.78. The van der Waals surface area contributed by atoms with Crippen LogP contribution in [0.5, 0.6) is 0 Å². The summed E-state index contributed by atoms with van der Waals surface area (Å²) in [6.45, 7) is 0. The van der Waals surface area contributed by atoms with Gasteiger partial charge in [0.15, 0.2) is 0 Å². The minimum absolute atomic E-state index is 0.0344. The van der Waals surface area contributed by atoms with Gasteiger partial charge in [-0.1, -0.05) is 91.0 Å². The Hall–Kier alpha value is -5.54. The first kappa shape index (κ1) is 25.0. The fraction of sp³-hybridized carbons (Fsp3) is 0.0256. The number of hydrogen-bond donors (Lipinski definition) is 1. The van der Waals surface area contributed by atoms with Crippen molar-refractivity contribution in [2.75, 3.05) is 0 Å². The van der Waals surface area contributed by atoms with E-state index < -0.39 is 0 Å². The Labute approximate surface area is 257 Å². The van der Waals surface area contributed by atoms with E-state index in [-0.39, 0.29) is 6.17 Å². The Balaban J connectivity index is 1.33. The van der Waals surface area contributed by atoms with Crippen molar-refractivity contribution in [3.05, 3.63) is 156 Å². The molecule has 0 radical (unpaired) electrons. The summed E-state index contributed by atoms with van der Waals surface area (Å²) >= 11 is 1.88. The molecule has 5 heteroatoms. The predicted molar refractivity (Wildman–Crippen MR) is 180 cm³/mol. The standard InChI is InChI=1S/C39H24N4S/c40-24-25-17-19-26(20-18-25)28-11-8-12-29(23-28)39-41-38(27-9-2-1-3-10-27)43(39)42-34-15-6-4-13-30(34)32-21-22-33-31-14-5-7-16-35(31)44-37(33)36(32)42/h1-23,39H/p+2. The summed E-state index contributed by atoms with van der Waals surface area (Å²) in [4.78, 5) is 0. The highest BCUT2D eigenvalue weighted by Gasteiger charge is 2.49.